The quantitative estimate of drug-likeness (QED) is 0.655. The molecule has 2 heterocycles. The van der Waals surface area contributed by atoms with Gasteiger partial charge in [-0.15, -0.1) is 0 Å². The van der Waals surface area contributed by atoms with Crippen LogP contribution in [0.1, 0.15) is 44.9 Å². The summed E-state index contributed by atoms with van der Waals surface area (Å²) in [5, 5.41) is 0. The average molecular weight is 192 g/mol. The summed E-state index contributed by atoms with van der Waals surface area (Å²) >= 11 is 0. The Hall–Kier alpha value is -0.370. The van der Waals surface area contributed by atoms with Crippen molar-refractivity contribution in [3.8, 4) is 0 Å². The second-order valence-electron chi connectivity index (χ2n) is 5.01. The van der Waals surface area contributed by atoms with Crippen molar-refractivity contribution in [3.63, 3.8) is 0 Å². The van der Waals surface area contributed by atoms with Gasteiger partial charge in [0.25, 0.3) is 0 Å². The van der Waals surface area contributed by atoms with Gasteiger partial charge in [-0.2, -0.15) is 0 Å². The molecule has 2 nitrogen and oxygen atoms in total. The normalized spacial score (nSPS) is 31.6. The van der Waals surface area contributed by atoms with E-state index in [9.17, 15) is 0 Å². The van der Waals surface area contributed by atoms with Crippen LogP contribution in [0.25, 0.3) is 0 Å². The second kappa shape index (κ2) is 3.34. The number of likely N-dealkylation sites (tertiary alicyclic amines) is 1. The molecule has 3 rings (SSSR count). The van der Waals surface area contributed by atoms with Gasteiger partial charge in [-0.1, -0.05) is 6.42 Å². The highest BCUT2D eigenvalue weighted by molar-refractivity contribution is 5.97. The Bertz CT molecular complexity index is 247. The molecule has 0 aromatic rings. The van der Waals surface area contributed by atoms with Crippen molar-refractivity contribution in [2.75, 3.05) is 19.6 Å². The molecule has 0 N–H and O–H groups in total. The Morgan fingerprint density at radius 3 is 2.36 bits per heavy atom. The maximum absolute atomic E-state index is 4.72. The minimum Gasteiger partial charge on any atom is -0.293 e. The van der Waals surface area contributed by atoms with Crippen molar-refractivity contribution in [3.05, 3.63) is 0 Å². The minimum absolute atomic E-state index is 0.483. The molecule has 1 saturated carbocycles. The zero-order chi connectivity index (χ0) is 9.43. The van der Waals surface area contributed by atoms with E-state index in [0.29, 0.717) is 5.54 Å². The predicted molar refractivity (Wildman–Crippen MR) is 58.9 cm³/mol. The summed E-state index contributed by atoms with van der Waals surface area (Å²) in [5.41, 5.74) is 2.04. The molecule has 0 amide bonds. The van der Waals surface area contributed by atoms with Crippen LogP contribution in [-0.4, -0.2) is 35.8 Å². The van der Waals surface area contributed by atoms with Crippen molar-refractivity contribution in [1.82, 2.24) is 4.90 Å². The van der Waals surface area contributed by atoms with Gasteiger partial charge in [-0.3, -0.25) is 9.89 Å². The van der Waals surface area contributed by atoms with Crippen molar-refractivity contribution in [2.24, 2.45) is 4.99 Å². The fourth-order valence-electron chi connectivity index (χ4n) is 3.15. The average Bonchev–Trinajstić information content (AvgIpc) is 2.88. The third-order valence-electron chi connectivity index (χ3n) is 4.10. The van der Waals surface area contributed by atoms with Gasteiger partial charge in [0.15, 0.2) is 0 Å². The summed E-state index contributed by atoms with van der Waals surface area (Å²) in [7, 11) is 0. The smallest absolute Gasteiger partial charge is 0.0591 e. The molecule has 78 valence electrons. The van der Waals surface area contributed by atoms with Gasteiger partial charge in [0.05, 0.1) is 5.54 Å². The third-order valence-corrected chi connectivity index (χ3v) is 4.10. The van der Waals surface area contributed by atoms with Crippen LogP contribution in [0.4, 0.5) is 0 Å². The van der Waals surface area contributed by atoms with E-state index in [0.717, 1.165) is 6.54 Å². The minimum atomic E-state index is 0.483. The predicted octanol–water partition coefficient (Wildman–Crippen LogP) is 2.24. The van der Waals surface area contributed by atoms with Gasteiger partial charge in [-0.05, 0) is 51.6 Å². The van der Waals surface area contributed by atoms with Crippen LogP contribution in [0, 0.1) is 0 Å². The van der Waals surface area contributed by atoms with Crippen molar-refractivity contribution < 1.29 is 0 Å². The lowest BCUT2D eigenvalue weighted by Crippen LogP contribution is -2.45. The lowest BCUT2D eigenvalue weighted by molar-refractivity contribution is 0.187. The number of nitrogens with zero attached hydrogens (tertiary/aromatic N) is 2. The van der Waals surface area contributed by atoms with Gasteiger partial charge >= 0.3 is 0 Å². The highest BCUT2D eigenvalue weighted by atomic mass is 15.2. The van der Waals surface area contributed by atoms with Gasteiger partial charge in [0, 0.05) is 12.3 Å². The van der Waals surface area contributed by atoms with Gasteiger partial charge in [-0.25, -0.2) is 0 Å². The summed E-state index contributed by atoms with van der Waals surface area (Å²) in [6.07, 6.45) is 9.65. The topological polar surface area (TPSA) is 15.6 Å². The Kier molecular flexibility index (Phi) is 2.12. The van der Waals surface area contributed by atoms with E-state index in [1.807, 2.05) is 0 Å². The molecule has 0 aromatic carbocycles. The lowest BCUT2D eigenvalue weighted by atomic mass is 10.0. The fourth-order valence-corrected chi connectivity index (χ4v) is 3.15. The Morgan fingerprint density at radius 2 is 1.79 bits per heavy atom. The first kappa shape index (κ1) is 8.90. The van der Waals surface area contributed by atoms with E-state index in [1.165, 1.54) is 58.0 Å². The third kappa shape index (κ3) is 1.31. The molecule has 2 heteroatoms. The molecule has 0 radical (unpaired) electrons. The van der Waals surface area contributed by atoms with Crippen molar-refractivity contribution >= 4 is 5.71 Å². The van der Waals surface area contributed by atoms with E-state index in [2.05, 4.69) is 4.90 Å². The maximum Gasteiger partial charge on any atom is 0.0591 e. The maximum atomic E-state index is 4.72. The molecule has 0 atom stereocenters. The summed E-state index contributed by atoms with van der Waals surface area (Å²) < 4.78 is 0. The second-order valence-corrected chi connectivity index (χ2v) is 5.01. The van der Waals surface area contributed by atoms with Crippen LogP contribution in [0.5, 0.6) is 0 Å². The molecule has 3 aliphatic rings. The Morgan fingerprint density at radius 1 is 1.00 bits per heavy atom. The molecular formula is C12H20N2. The van der Waals surface area contributed by atoms with Crippen LogP contribution in [0.2, 0.25) is 0 Å². The molecule has 2 fully saturated rings. The molecule has 1 saturated heterocycles. The summed E-state index contributed by atoms with van der Waals surface area (Å²) in [5.74, 6) is 0. The van der Waals surface area contributed by atoms with E-state index in [-0.39, 0.29) is 0 Å². The molecule has 0 unspecified atom stereocenters. The zero-order valence-corrected chi connectivity index (χ0v) is 8.97. The first-order valence-electron chi connectivity index (χ1n) is 6.21. The van der Waals surface area contributed by atoms with Gasteiger partial charge in [0.2, 0.25) is 0 Å². The molecule has 2 aliphatic heterocycles. The van der Waals surface area contributed by atoms with Crippen LogP contribution < -0.4 is 0 Å². The number of hydrogen-bond acceptors (Lipinski definition) is 2. The summed E-state index contributed by atoms with van der Waals surface area (Å²) in [6.45, 7) is 3.77. The van der Waals surface area contributed by atoms with Gasteiger partial charge < -0.3 is 0 Å². The van der Waals surface area contributed by atoms with Crippen molar-refractivity contribution in [2.45, 2.75) is 50.5 Å². The Labute approximate surface area is 86.4 Å². The molecular weight excluding hydrogens is 172 g/mol. The zero-order valence-electron chi connectivity index (χ0n) is 8.97. The van der Waals surface area contributed by atoms with E-state index in [4.69, 9.17) is 4.99 Å². The largest absolute Gasteiger partial charge is 0.293 e. The monoisotopic (exact) mass is 192 g/mol. The molecule has 14 heavy (non-hydrogen) atoms. The number of hydrogen-bond donors (Lipinski definition) is 0. The first-order chi connectivity index (χ1) is 6.92. The Balaban J connectivity index is 1.75. The standard InChI is InChI=1S/C12H20N2/c1-2-9-14(10-3-1)12(6-7-12)11-5-4-8-13-11/h1-10H2. The summed E-state index contributed by atoms with van der Waals surface area (Å²) in [6, 6.07) is 0. The summed E-state index contributed by atoms with van der Waals surface area (Å²) in [4.78, 5) is 7.46. The number of piperidine rings is 1. The highest BCUT2D eigenvalue weighted by Crippen LogP contribution is 2.46. The van der Waals surface area contributed by atoms with Crippen LogP contribution >= 0.6 is 0 Å². The molecule has 0 aromatic heterocycles. The lowest BCUT2D eigenvalue weighted by Gasteiger charge is -2.35. The number of aliphatic imine (C=N–C) groups is 1. The first-order valence-corrected chi connectivity index (χ1v) is 6.21. The van der Waals surface area contributed by atoms with E-state index >= 15 is 0 Å². The fraction of sp³-hybridized carbons (Fsp3) is 0.917. The molecule has 0 bridgehead atoms. The van der Waals surface area contributed by atoms with E-state index < -0.39 is 0 Å². The SMILES string of the molecule is C1CCN(C2(C3=NCCC3)CC2)CC1. The van der Waals surface area contributed by atoms with Gasteiger partial charge in [0.1, 0.15) is 0 Å². The number of rotatable bonds is 2. The highest BCUT2D eigenvalue weighted by Gasteiger charge is 2.52. The molecule has 0 spiro atoms. The van der Waals surface area contributed by atoms with Crippen molar-refractivity contribution in [1.29, 1.82) is 0 Å². The van der Waals surface area contributed by atoms with Crippen LogP contribution in [0.15, 0.2) is 4.99 Å². The van der Waals surface area contributed by atoms with Crippen LogP contribution in [0.3, 0.4) is 0 Å². The molecule has 1 aliphatic carbocycles. The van der Waals surface area contributed by atoms with Crippen LogP contribution in [-0.2, 0) is 0 Å². The van der Waals surface area contributed by atoms with E-state index in [1.54, 1.807) is 5.71 Å².